The Morgan fingerprint density at radius 3 is 2.90 bits per heavy atom. The predicted octanol–water partition coefficient (Wildman–Crippen LogP) is 3.07. The third kappa shape index (κ3) is 2.99. The second-order valence-corrected chi connectivity index (χ2v) is 5.30. The number of benzene rings is 1. The van der Waals surface area contributed by atoms with E-state index in [0.29, 0.717) is 0 Å². The first-order valence-corrected chi connectivity index (χ1v) is 7.33. The van der Waals surface area contributed by atoms with Gasteiger partial charge in [0, 0.05) is 38.1 Å². The Morgan fingerprint density at radius 1 is 1.20 bits per heavy atom. The van der Waals surface area contributed by atoms with Gasteiger partial charge in [0.15, 0.2) is 0 Å². The zero-order valence-corrected chi connectivity index (χ0v) is 12.0. The first kappa shape index (κ1) is 13.1. The molecule has 0 unspecified atom stereocenters. The fourth-order valence-corrected chi connectivity index (χ4v) is 2.80. The summed E-state index contributed by atoms with van der Waals surface area (Å²) < 4.78 is 0. The summed E-state index contributed by atoms with van der Waals surface area (Å²) >= 11 is 0. The Morgan fingerprint density at radius 2 is 2.05 bits per heavy atom. The summed E-state index contributed by atoms with van der Waals surface area (Å²) in [5, 5.41) is 3.34. The van der Waals surface area contributed by atoms with Crippen LogP contribution in [0.15, 0.2) is 42.6 Å². The van der Waals surface area contributed by atoms with E-state index in [-0.39, 0.29) is 0 Å². The van der Waals surface area contributed by atoms with Crippen LogP contribution in [0, 0.1) is 0 Å². The second kappa shape index (κ2) is 6.06. The fraction of sp³-hybridized carbons (Fsp3) is 0.353. The first-order valence-electron chi connectivity index (χ1n) is 7.33. The standard InChI is InChI=1S/C17H21N3/c1-2-18-16-7-9-19-17(11-16)13-20-10-8-14-5-3-4-6-15(14)12-20/h3-7,9,11H,2,8,10,12-13H2,1H3,(H,18,19). The molecule has 3 heteroatoms. The molecule has 0 atom stereocenters. The summed E-state index contributed by atoms with van der Waals surface area (Å²) in [5.74, 6) is 0. The minimum atomic E-state index is 0.924. The van der Waals surface area contributed by atoms with Crippen molar-refractivity contribution < 1.29 is 0 Å². The van der Waals surface area contributed by atoms with E-state index in [1.807, 2.05) is 12.3 Å². The quantitative estimate of drug-likeness (QED) is 0.922. The number of anilines is 1. The van der Waals surface area contributed by atoms with E-state index in [2.05, 4.69) is 52.5 Å². The highest BCUT2D eigenvalue weighted by Gasteiger charge is 2.16. The molecule has 0 aliphatic carbocycles. The number of nitrogens with zero attached hydrogens (tertiary/aromatic N) is 2. The molecule has 1 aliphatic heterocycles. The highest BCUT2D eigenvalue weighted by Crippen LogP contribution is 2.20. The van der Waals surface area contributed by atoms with Crippen LogP contribution in [-0.4, -0.2) is 23.0 Å². The van der Waals surface area contributed by atoms with Crippen molar-refractivity contribution in [1.82, 2.24) is 9.88 Å². The third-order valence-corrected chi connectivity index (χ3v) is 3.79. The Labute approximate surface area is 120 Å². The summed E-state index contributed by atoms with van der Waals surface area (Å²) in [6.45, 7) is 6.13. The van der Waals surface area contributed by atoms with Gasteiger partial charge in [-0.05, 0) is 36.6 Å². The van der Waals surface area contributed by atoms with E-state index in [1.54, 1.807) is 0 Å². The highest BCUT2D eigenvalue weighted by atomic mass is 15.1. The lowest BCUT2D eigenvalue weighted by Gasteiger charge is -2.28. The number of fused-ring (bicyclic) bond motifs is 1. The molecule has 1 aliphatic rings. The molecule has 2 heterocycles. The number of nitrogens with one attached hydrogen (secondary N) is 1. The summed E-state index contributed by atoms with van der Waals surface area (Å²) in [6, 6.07) is 12.9. The third-order valence-electron chi connectivity index (χ3n) is 3.79. The van der Waals surface area contributed by atoms with Crippen LogP contribution < -0.4 is 5.32 Å². The molecule has 0 amide bonds. The van der Waals surface area contributed by atoms with E-state index in [9.17, 15) is 0 Å². The van der Waals surface area contributed by atoms with Crippen molar-refractivity contribution in [3.05, 3.63) is 59.4 Å². The molecule has 0 fully saturated rings. The van der Waals surface area contributed by atoms with Crippen LogP contribution in [0.25, 0.3) is 0 Å². The van der Waals surface area contributed by atoms with Crippen LogP contribution in [0.1, 0.15) is 23.7 Å². The molecular formula is C17H21N3. The van der Waals surface area contributed by atoms with Crippen LogP contribution in [0.4, 0.5) is 5.69 Å². The lowest BCUT2D eigenvalue weighted by Crippen LogP contribution is -2.30. The molecule has 0 spiro atoms. The van der Waals surface area contributed by atoms with Gasteiger partial charge in [-0.2, -0.15) is 0 Å². The Kier molecular flexibility index (Phi) is 3.97. The number of hydrogen-bond donors (Lipinski definition) is 1. The van der Waals surface area contributed by atoms with Gasteiger partial charge >= 0.3 is 0 Å². The van der Waals surface area contributed by atoms with Crippen LogP contribution in [-0.2, 0) is 19.5 Å². The minimum absolute atomic E-state index is 0.924. The van der Waals surface area contributed by atoms with Gasteiger partial charge in [0.1, 0.15) is 0 Å². The van der Waals surface area contributed by atoms with Gasteiger partial charge in [-0.15, -0.1) is 0 Å². The normalized spacial score (nSPS) is 14.8. The molecule has 3 rings (SSSR count). The predicted molar refractivity (Wildman–Crippen MR) is 82.7 cm³/mol. The molecule has 0 saturated carbocycles. The molecular weight excluding hydrogens is 246 g/mol. The Bertz CT molecular complexity index is 580. The molecule has 1 N–H and O–H groups in total. The number of rotatable bonds is 4. The summed E-state index contributed by atoms with van der Waals surface area (Å²) in [5.41, 5.74) is 5.26. The minimum Gasteiger partial charge on any atom is -0.385 e. The maximum absolute atomic E-state index is 4.49. The van der Waals surface area contributed by atoms with Crippen LogP contribution in [0.2, 0.25) is 0 Å². The van der Waals surface area contributed by atoms with Crippen LogP contribution in [0.3, 0.4) is 0 Å². The number of aromatic nitrogens is 1. The number of hydrogen-bond acceptors (Lipinski definition) is 3. The van der Waals surface area contributed by atoms with E-state index in [1.165, 1.54) is 11.1 Å². The van der Waals surface area contributed by atoms with Gasteiger partial charge in [-0.1, -0.05) is 24.3 Å². The lowest BCUT2D eigenvalue weighted by atomic mass is 10.00. The van der Waals surface area contributed by atoms with Gasteiger partial charge in [-0.3, -0.25) is 9.88 Å². The molecule has 20 heavy (non-hydrogen) atoms. The smallest absolute Gasteiger partial charge is 0.0564 e. The zero-order valence-electron chi connectivity index (χ0n) is 12.0. The largest absolute Gasteiger partial charge is 0.385 e. The van der Waals surface area contributed by atoms with Crippen molar-refractivity contribution >= 4 is 5.69 Å². The van der Waals surface area contributed by atoms with Crippen molar-refractivity contribution in [3.8, 4) is 0 Å². The molecule has 0 saturated heterocycles. The monoisotopic (exact) mass is 267 g/mol. The molecule has 1 aromatic heterocycles. The molecule has 1 aromatic carbocycles. The average molecular weight is 267 g/mol. The second-order valence-electron chi connectivity index (χ2n) is 5.30. The fourth-order valence-electron chi connectivity index (χ4n) is 2.80. The van der Waals surface area contributed by atoms with Crippen molar-refractivity contribution in [3.63, 3.8) is 0 Å². The molecule has 0 radical (unpaired) electrons. The zero-order chi connectivity index (χ0) is 13.8. The van der Waals surface area contributed by atoms with Gasteiger partial charge in [0.25, 0.3) is 0 Å². The average Bonchev–Trinajstić information content (AvgIpc) is 2.48. The summed E-state index contributed by atoms with van der Waals surface area (Å²) in [6.07, 6.45) is 3.04. The molecule has 104 valence electrons. The summed E-state index contributed by atoms with van der Waals surface area (Å²) in [4.78, 5) is 6.96. The molecule has 0 bridgehead atoms. The van der Waals surface area contributed by atoms with E-state index in [0.717, 1.165) is 44.0 Å². The van der Waals surface area contributed by atoms with Crippen LogP contribution in [0.5, 0.6) is 0 Å². The molecule has 3 nitrogen and oxygen atoms in total. The van der Waals surface area contributed by atoms with Gasteiger partial charge < -0.3 is 5.32 Å². The molecule has 2 aromatic rings. The van der Waals surface area contributed by atoms with Gasteiger partial charge in [-0.25, -0.2) is 0 Å². The highest BCUT2D eigenvalue weighted by molar-refractivity contribution is 5.43. The van der Waals surface area contributed by atoms with Gasteiger partial charge in [0.2, 0.25) is 0 Å². The lowest BCUT2D eigenvalue weighted by molar-refractivity contribution is 0.243. The summed E-state index contributed by atoms with van der Waals surface area (Å²) in [7, 11) is 0. The maximum Gasteiger partial charge on any atom is 0.0564 e. The Hall–Kier alpha value is -1.87. The SMILES string of the molecule is CCNc1ccnc(CN2CCc3ccccc3C2)c1. The van der Waals surface area contributed by atoms with Gasteiger partial charge in [0.05, 0.1) is 5.69 Å². The van der Waals surface area contributed by atoms with E-state index >= 15 is 0 Å². The maximum atomic E-state index is 4.49. The van der Waals surface area contributed by atoms with Crippen molar-refractivity contribution in [2.24, 2.45) is 0 Å². The Balaban J connectivity index is 1.69. The number of pyridine rings is 1. The van der Waals surface area contributed by atoms with Crippen molar-refractivity contribution in [2.75, 3.05) is 18.4 Å². The van der Waals surface area contributed by atoms with E-state index < -0.39 is 0 Å². The first-order chi connectivity index (χ1) is 9.85. The topological polar surface area (TPSA) is 28.2 Å². The van der Waals surface area contributed by atoms with Crippen LogP contribution >= 0.6 is 0 Å². The van der Waals surface area contributed by atoms with E-state index in [4.69, 9.17) is 0 Å². The van der Waals surface area contributed by atoms with Crippen molar-refractivity contribution in [1.29, 1.82) is 0 Å². The van der Waals surface area contributed by atoms with Crippen molar-refractivity contribution in [2.45, 2.75) is 26.4 Å².